The summed E-state index contributed by atoms with van der Waals surface area (Å²) in [5.41, 5.74) is 3.31. The summed E-state index contributed by atoms with van der Waals surface area (Å²) in [6.07, 6.45) is 6.20. The van der Waals surface area contributed by atoms with Crippen LogP contribution in [-0.4, -0.2) is 32.3 Å². The van der Waals surface area contributed by atoms with Crippen molar-refractivity contribution in [2.75, 3.05) is 0 Å². The third kappa shape index (κ3) is 7.68. The molecule has 1 fully saturated rings. The molecule has 0 radical (unpaired) electrons. The van der Waals surface area contributed by atoms with E-state index in [1.54, 1.807) is 27.0 Å². The maximum Gasteiger partial charge on any atom is 0.388 e. The average molecular weight is 547 g/mol. The number of rotatable bonds is 10. The van der Waals surface area contributed by atoms with Crippen LogP contribution in [0.4, 0.5) is 17.6 Å². The number of hydrogen-bond donors (Lipinski definition) is 0. The van der Waals surface area contributed by atoms with E-state index < -0.39 is 12.5 Å². The fourth-order valence-corrected chi connectivity index (χ4v) is 3.94. The Balaban J connectivity index is 0.00000205. The highest BCUT2D eigenvalue weighted by Gasteiger charge is 2.34. The zero-order valence-corrected chi connectivity index (χ0v) is 23.0. The van der Waals surface area contributed by atoms with Crippen molar-refractivity contribution in [1.29, 1.82) is 0 Å². The highest BCUT2D eigenvalue weighted by molar-refractivity contribution is 5.68. The average Bonchev–Trinajstić information content (AvgIpc) is 3.71. The van der Waals surface area contributed by atoms with Crippen LogP contribution >= 0.6 is 0 Å². The Hall–Kier alpha value is -3.69. The van der Waals surface area contributed by atoms with E-state index in [4.69, 9.17) is 9.47 Å². The topological polar surface area (TPSA) is 62.1 Å². The fourth-order valence-electron chi connectivity index (χ4n) is 3.94. The van der Waals surface area contributed by atoms with Crippen LogP contribution in [0.15, 0.2) is 54.3 Å². The molecule has 1 aliphatic carbocycles. The zero-order valence-electron chi connectivity index (χ0n) is 23.0. The van der Waals surface area contributed by atoms with Gasteiger partial charge in [-0.3, -0.25) is 0 Å². The van der Waals surface area contributed by atoms with Gasteiger partial charge in [-0.15, -0.1) is 0 Å². The molecule has 0 aliphatic heterocycles. The largest absolute Gasteiger partial charge is 0.473 e. The highest BCUT2D eigenvalue weighted by atomic mass is 19.3. The molecular formula is C29H34F4N4O2. The Morgan fingerprint density at radius 1 is 1.15 bits per heavy atom. The third-order valence-corrected chi connectivity index (χ3v) is 6.03. The normalized spacial score (nSPS) is 14.2. The maximum atomic E-state index is 13.7. The first-order valence-electron chi connectivity index (χ1n) is 12.9. The van der Waals surface area contributed by atoms with Crippen molar-refractivity contribution >= 4 is 5.57 Å². The number of aromatic nitrogens is 4. The smallest absolute Gasteiger partial charge is 0.388 e. The van der Waals surface area contributed by atoms with Crippen LogP contribution in [0, 0.1) is 0 Å². The second-order valence-corrected chi connectivity index (χ2v) is 9.01. The van der Waals surface area contributed by atoms with Gasteiger partial charge < -0.3 is 9.47 Å². The Labute approximate surface area is 226 Å². The van der Waals surface area contributed by atoms with Gasteiger partial charge >= 0.3 is 6.61 Å². The molecule has 210 valence electrons. The van der Waals surface area contributed by atoms with E-state index in [1.165, 1.54) is 23.0 Å². The summed E-state index contributed by atoms with van der Waals surface area (Å²) in [7, 11) is 1.54. The van der Waals surface area contributed by atoms with Gasteiger partial charge in [-0.05, 0) is 49.5 Å². The van der Waals surface area contributed by atoms with Crippen LogP contribution < -0.4 is 9.47 Å². The van der Waals surface area contributed by atoms with Crippen LogP contribution in [0.2, 0.25) is 0 Å². The van der Waals surface area contributed by atoms with Crippen LogP contribution in [0.3, 0.4) is 0 Å². The summed E-state index contributed by atoms with van der Waals surface area (Å²) in [4.78, 5) is 8.69. The number of aryl methyl sites for hydroxylation is 1. The van der Waals surface area contributed by atoms with E-state index in [-0.39, 0.29) is 35.7 Å². The van der Waals surface area contributed by atoms with Gasteiger partial charge in [0.05, 0.1) is 5.69 Å². The molecule has 0 saturated heterocycles. The van der Waals surface area contributed by atoms with Crippen molar-refractivity contribution in [3.63, 3.8) is 0 Å². The Morgan fingerprint density at radius 3 is 2.38 bits per heavy atom. The standard InChI is InChI=1S/C27H28F4N4O2.C2H6/c1-5-20(27(3,30)31)14-16(2)18-8-6-17(7-9-18)15-36-21-12-13-32-24(33-21)22-23(19-10-11-19)34-35(4)25(22)37-26(28)29;1-2/h5-9,12-14,19,26H,10-11,15H2,1-4H3;1-2H3/b16-14+,20-5+;. The molecular weight excluding hydrogens is 512 g/mol. The summed E-state index contributed by atoms with van der Waals surface area (Å²) >= 11 is 0. The predicted octanol–water partition coefficient (Wildman–Crippen LogP) is 7.97. The third-order valence-electron chi connectivity index (χ3n) is 6.03. The monoisotopic (exact) mass is 546 g/mol. The van der Waals surface area contributed by atoms with Crippen molar-refractivity contribution in [1.82, 2.24) is 19.7 Å². The molecule has 0 unspecified atom stereocenters. The van der Waals surface area contributed by atoms with Gasteiger partial charge in [-0.2, -0.15) is 18.9 Å². The molecule has 0 bridgehead atoms. The van der Waals surface area contributed by atoms with E-state index in [0.717, 1.165) is 30.9 Å². The van der Waals surface area contributed by atoms with Crippen LogP contribution in [0.25, 0.3) is 17.0 Å². The van der Waals surface area contributed by atoms with Crippen molar-refractivity contribution in [3.05, 3.63) is 71.1 Å². The summed E-state index contributed by atoms with van der Waals surface area (Å²) < 4.78 is 65.3. The number of alkyl halides is 4. The highest BCUT2D eigenvalue weighted by Crippen LogP contribution is 2.46. The van der Waals surface area contributed by atoms with Gasteiger partial charge in [0, 0.05) is 37.7 Å². The van der Waals surface area contributed by atoms with Crippen LogP contribution in [-0.2, 0) is 13.7 Å². The van der Waals surface area contributed by atoms with Gasteiger partial charge in [-0.1, -0.05) is 44.2 Å². The number of nitrogens with zero attached hydrogens (tertiary/aromatic N) is 4. The van der Waals surface area contributed by atoms with E-state index in [1.807, 2.05) is 38.1 Å². The number of halogens is 4. The maximum absolute atomic E-state index is 13.7. The fraction of sp³-hybridized carbons (Fsp3) is 0.414. The van der Waals surface area contributed by atoms with Gasteiger partial charge in [0.25, 0.3) is 5.92 Å². The molecule has 2 aromatic heterocycles. The molecule has 1 saturated carbocycles. The lowest BCUT2D eigenvalue weighted by Crippen LogP contribution is -2.12. The van der Waals surface area contributed by atoms with E-state index in [9.17, 15) is 17.6 Å². The first kappa shape index (κ1) is 29.9. The van der Waals surface area contributed by atoms with Crippen molar-refractivity contribution in [2.45, 2.75) is 72.5 Å². The molecule has 4 rings (SSSR count). The molecule has 3 aromatic rings. The Morgan fingerprint density at radius 2 is 1.82 bits per heavy atom. The molecule has 0 amide bonds. The molecule has 39 heavy (non-hydrogen) atoms. The molecule has 1 aromatic carbocycles. The van der Waals surface area contributed by atoms with Gasteiger partial charge in [0.2, 0.25) is 11.8 Å². The number of allylic oxidation sites excluding steroid dienone is 4. The lowest BCUT2D eigenvalue weighted by Gasteiger charge is -2.13. The molecule has 0 spiro atoms. The second-order valence-electron chi connectivity index (χ2n) is 9.01. The van der Waals surface area contributed by atoms with Gasteiger partial charge in [0.1, 0.15) is 12.2 Å². The molecule has 0 N–H and O–H groups in total. The lowest BCUT2D eigenvalue weighted by molar-refractivity contribution is -0.0549. The van der Waals surface area contributed by atoms with Crippen molar-refractivity contribution in [2.24, 2.45) is 7.05 Å². The van der Waals surface area contributed by atoms with E-state index in [2.05, 4.69) is 15.1 Å². The van der Waals surface area contributed by atoms with Gasteiger partial charge in [0.15, 0.2) is 5.82 Å². The molecule has 10 heteroatoms. The van der Waals surface area contributed by atoms with Crippen molar-refractivity contribution in [3.8, 4) is 23.1 Å². The van der Waals surface area contributed by atoms with E-state index in [0.29, 0.717) is 16.8 Å². The SMILES string of the molecule is C/C=C(\C=C(/C)c1ccc(COc2ccnc(-c3c(C4CC4)nn(C)c3OC(F)F)n2)cc1)C(C)(F)F.CC. The molecule has 1 aliphatic rings. The van der Waals surface area contributed by atoms with Crippen LogP contribution in [0.1, 0.15) is 70.2 Å². The summed E-state index contributed by atoms with van der Waals surface area (Å²) in [5, 5.41) is 4.37. The summed E-state index contributed by atoms with van der Waals surface area (Å²) in [5.74, 6) is -2.38. The minimum absolute atomic E-state index is 0.0439. The minimum atomic E-state index is -3.01. The summed E-state index contributed by atoms with van der Waals surface area (Å²) in [6.45, 7) is 5.42. The first-order chi connectivity index (χ1) is 18.6. The zero-order chi connectivity index (χ0) is 28.7. The van der Waals surface area contributed by atoms with Crippen molar-refractivity contribution < 1.29 is 27.0 Å². The van der Waals surface area contributed by atoms with E-state index >= 15 is 0 Å². The Bertz CT molecular complexity index is 1310. The molecule has 2 heterocycles. The van der Waals surface area contributed by atoms with Gasteiger partial charge in [-0.25, -0.2) is 18.4 Å². The minimum Gasteiger partial charge on any atom is -0.473 e. The molecule has 6 nitrogen and oxygen atoms in total. The lowest BCUT2D eigenvalue weighted by atomic mass is 10.0. The summed E-state index contributed by atoms with van der Waals surface area (Å²) in [6, 6.07) is 8.93. The number of benzene rings is 1. The quantitative estimate of drug-likeness (QED) is 0.191. The number of hydrogen-bond acceptors (Lipinski definition) is 5. The molecule has 0 atom stereocenters. The Kier molecular flexibility index (Phi) is 9.88. The second kappa shape index (κ2) is 12.9. The number of ether oxygens (including phenoxy) is 2. The van der Waals surface area contributed by atoms with Crippen LogP contribution in [0.5, 0.6) is 11.8 Å². The first-order valence-corrected chi connectivity index (χ1v) is 12.9. The predicted molar refractivity (Wildman–Crippen MR) is 143 cm³/mol.